The van der Waals surface area contributed by atoms with Crippen molar-refractivity contribution < 1.29 is 14.3 Å². The van der Waals surface area contributed by atoms with Crippen molar-refractivity contribution in [2.75, 3.05) is 0 Å². The van der Waals surface area contributed by atoms with E-state index in [1.165, 1.54) is 12.5 Å². The largest absolute Gasteiger partial charge is 0.474 e. The number of carboxylic acid groups (broad SMARTS) is 1. The van der Waals surface area contributed by atoms with Gasteiger partial charge < -0.3 is 9.52 Å². The molecule has 9 heavy (non-hydrogen) atoms. The SMILES string of the molecule is Cl.O=C(O)c1ncco1. The van der Waals surface area contributed by atoms with Gasteiger partial charge in [0.15, 0.2) is 0 Å². The summed E-state index contributed by atoms with van der Waals surface area (Å²) in [4.78, 5) is 13.3. The number of halogens is 1. The van der Waals surface area contributed by atoms with Crippen LogP contribution in [0.2, 0.25) is 0 Å². The van der Waals surface area contributed by atoms with Gasteiger partial charge in [0.05, 0.1) is 6.20 Å². The van der Waals surface area contributed by atoms with Crippen LogP contribution < -0.4 is 0 Å². The number of carbonyl (C=O) groups is 1. The molecule has 0 atom stereocenters. The molecule has 1 aromatic heterocycles. The number of nitrogens with zero attached hydrogens (tertiary/aromatic N) is 1. The summed E-state index contributed by atoms with van der Waals surface area (Å²) in [7, 11) is 0. The molecule has 0 aliphatic rings. The van der Waals surface area contributed by atoms with Crippen molar-refractivity contribution in [1.82, 2.24) is 4.98 Å². The van der Waals surface area contributed by atoms with E-state index in [4.69, 9.17) is 5.11 Å². The lowest BCUT2D eigenvalue weighted by Crippen LogP contribution is -1.94. The molecule has 0 aliphatic carbocycles. The summed E-state index contributed by atoms with van der Waals surface area (Å²) >= 11 is 0. The summed E-state index contributed by atoms with van der Waals surface area (Å²) in [5.41, 5.74) is 0. The molecular formula is C4H4ClNO3. The van der Waals surface area contributed by atoms with Crippen molar-refractivity contribution in [2.45, 2.75) is 0 Å². The number of carboxylic acids is 1. The third kappa shape index (κ3) is 1.73. The highest BCUT2D eigenvalue weighted by atomic mass is 35.5. The summed E-state index contributed by atoms with van der Waals surface area (Å²) in [5.74, 6) is -1.42. The minimum atomic E-state index is -1.14. The van der Waals surface area contributed by atoms with Gasteiger partial charge in [0.25, 0.3) is 0 Å². The van der Waals surface area contributed by atoms with E-state index in [0.717, 1.165) is 0 Å². The zero-order chi connectivity index (χ0) is 5.98. The molecule has 0 saturated carbocycles. The number of hydrogen-bond acceptors (Lipinski definition) is 3. The first-order chi connectivity index (χ1) is 3.80. The van der Waals surface area contributed by atoms with E-state index in [1.54, 1.807) is 0 Å². The summed E-state index contributed by atoms with van der Waals surface area (Å²) in [5, 5.41) is 8.12. The maximum Gasteiger partial charge on any atom is 0.392 e. The molecule has 0 aliphatic heterocycles. The van der Waals surface area contributed by atoms with Gasteiger partial charge in [-0.15, -0.1) is 12.4 Å². The number of oxazole rings is 1. The van der Waals surface area contributed by atoms with Gasteiger partial charge in [0, 0.05) is 0 Å². The van der Waals surface area contributed by atoms with Crippen LogP contribution in [0.15, 0.2) is 16.9 Å². The third-order valence-corrected chi connectivity index (χ3v) is 0.615. The highest BCUT2D eigenvalue weighted by Crippen LogP contribution is 1.91. The van der Waals surface area contributed by atoms with Crippen LogP contribution in [-0.2, 0) is 0 Å². The van der Waals surface area contributed by atoms with Gasteiger partial charge in [-0.1, -0.05) is 0 Å². The molecular weight excluding hydrogens is 146 g/mol. The highest BCUT2D eigenvalue weighted by Gasteiger charge is 2.04. The molecule has 1 N–H and O–H groups in total. The van der Waals surface area contributed by atoms with Crippen LogP contribution in [-0.4, -0.2) is 16.1 Å². The smallest absolute Gasteiger partial charge is 0.392 e. The van der Waals surface area contributed by atoms with Crippen molar-refractivity contribution in [3.05, 3.63) is 18.4 Å². The lowest BCUT2D eigenvalue weighted by Gasteiger charge is -1.77. The summed E-state index contributed by atoms with van der Waals surface area (Å²) in [6.45, 7) is 0. The van der Waals surface area contributed by atoms with Gasteiger partial charge in [-0.05, 0) is 0 Å². The lowest BCUT2D eigenvalue weighted by atomic mass is 10.7. The average molecular weight is 150 g/mol. The van der Waals surface area contributed by atoms with E-state index >= 15 is 0 Å². The van der Waals surface area contributed by atoms with E-state index in [2.05, 4.69) is 9.40 Å². The zero-order valence-electron chi connectivity index (χ0n) is 4.27. The fourth-order valence-corrected chi connectivity index (χ4v) is 0.329. The van der Waals surface area contributed by atoms with Crippen molar-refractivity contribution in [2.24, 2.45) is 0 Å². The molecule has 4 nitrogen and oxygen atoms in total. The van der Waals surface area contributed by atoms with Crippen LogP contribution in [0.25, 0.3) is 0 Å². The van der Waals surface area contributed by atoms with Gasteiger partial charge in [-0.2, -0.15) is 0 Å². The predicted molar refractivity (Wildman–Crippen MR) is 30.7 cm³/mol. The Hall–Kier alpha value is -1.03. The molecule has 0 fully saturated rings. The van der Waals surface area contributed by atoms with Crippen molar-refractivity contribution >= 4 is 18.4 Å². The first kappa shape index (κ1) is 7.97. The Kier molecular flexibility index (Phi) is 2.73. The molecule has 0 radical (unpaired) electrons. The Bertz CT molecular complexity index is 184. The standard InChI is InChI=1S/C4H3NO3.ClH/c6-4(7)3-5-1-2-8-3;/h1-2H,(H,6,7);1H. The first-order valence-corrected chi connectivity index (χ1v) is 1.93. The normalized spacial score (nSPS) is 8.00. The quantitative estimate of drug-likeness (QED) is 0.641. The minimum absolute atomic E-state index is 0. The predicted octanol–water partition coefficient (Wildman–Crippen LogP) is 0.795. The Morgan fingerprint density at radius 1 is 1.78 bits per heavy atom. The summed E-state index contributed by atoms with van der Waals surface area (Å²) in [6, 6.07) is 0. The van der Waals surface area contributed by atoms with Gasteiger partial charge >= 0.3 is 11.9 Å². The third-order valence-electron chi connectivity index (χ3n) is 0.615. The Labute approximate surface area is 56.9 Å². The fourth-order valence-electron chi connectivity index (χ4n) is 0.329. The summed E-state index contributed by atoms with van der Waals surface area (Å²) in [6.07, 6.45) is 2.49. The second-order valence-corrected chi connectivity index (χ2v) is 1.14. The van der Waals surface area contributed by atoms with Crippen molar-refractivity contribution in [1.29, 1.82) is 0 Å². The topological polar surface area (TPSA) is 63.3 Å². The molecule has 1 rings (SSSR count). The highest BCUT2D eigenvalue weighted by molar-refractivity contribution is 5.85. The molecule has 0 bridgehead atoms. The van der Waals surface area contributed by atoms with E-state index < -0.39 is 5.97 Å². The molecule has 0 unspecified atom stereocenters. The molecule has 5 heteroatoms. The van der Waals surface area contributed by atoms with Crippen LogP contribution >= 0.6 is 12.4 Å². The van der Waals surface area contributed by atoms with E-state index in [1.807, 2.05) is 0 Å². The van der Waals surface area contributed by atoms with E-state index in [0.29, 0.717) is 0 Å². The Balaban J connectivity index is 0.000000640. The second-order valence-electron chi connectivity index (χ2n) is 1.14. The van der Waals surface area contributed by atoms with Gasteiger partial charge in [-0.25, -0.2) is 9.78 Å². The molecule has 1 aromatic rings. The van der Waals surface area contributed by atoms with Gasteiger partial charge in [-0.3, -0.25) is 0 Å². The number of aromatic carboxylic acids is 1. The number of hydrogen-bond donors (Lipinski definition) is 1. The van der Waals surface area contributed by atoms with E-state index in [9.17, 15) is 4.79 Å². The fraction of sp³-hybridized carbons (Fsp3) is 0. The van der Waals surface area contributed by atoms with Crippen LogP contribution in [0.3, 0.4) is 0 Å². The maximum absolute atomic E-state index is 9.91. The summed E-state index contributed by atoms with van der Waals surface area (Å²) < 4.78 is 4.38. The molecule has 0 spiro atoms. The molecule has 0 amide bonds. The van der Waals surface area contributed by atoms with Crippen molar-refractivity contribution in [3.8, 4) is 0 Å². The monoisotopic (exact) mass is 149 g/mol. The Morgan fingerprint density at radius 3 is 2.67 bits per heavy atom. The number of rotatable bonds is 1. The van der Waals surface area contributed by atoms with Crippen LogP contribution in [0.1, 0.15) is 10.7 Å². The zero-order valence-corrected chi connectivity index (χ0v) is 5.09. The maximum atomic E-state index is 9.91. The van der Waals surface area contributed by atoms with Crippen LogP contribution in [0.4, 0.5) is 0 Å². The van der Waals surface area contributed by atoms with Gasteiger partial charge in [0.2, 0.25) is 0 Å². The first-order valence-electron chi connectivity index (χ1n) is 1.93. The second kappa shape index (κ2) is 3.09. The van der Waals surface area contributed by atoms with Crippen LogP contribution in [0.5, 0.6) is 0 Å². The number of aromatic nitrogens is 1. The molecule has 50 valence electrons. The van der Waals surface area contributed by atoms with Crippen molar-refractivity contribution in [3.63, 3.8) is 0 Å². The molecule has 1 heterocycles. The van der Waals surface area contributed by atoms with E-state index in [-0.39, 0.29) is 18.3 Å². The van der Waals surface area contributed by atoms with Gasteiger partial charge in [0.1, 0.15) is 6.26 Å². The average Bonchev–Trinajstić information content (AvgIpc) is 2.12. The molecule has 0 saturated heterocycles. The lowest BCUT2D eigenvalue weighted by molar-refractivity contribution is 0.0653. The Morgan fingerprint density at radius 2 is 2.44 bits per heavy atom. The molecule has 0 aromatic carbocycles. The minimum Gasteiger partial charge on any atom is -0.474 e. The van der Waals surface area contributed by atoms with Crippen LogP contribution in [0, 0.1) is 0 Å².